The number of amides is 1. The number of carbonyl (C=O) groups is 1. The maximum absolute atomic E-state index is 13.8. The van der Waals surface area contributed by atoms with Crippen molar-refractivity contribution in [2.24, 2.45) is 0 Å². The quantitative estimate of drug-likeness (QED) is 0.442. The largest absolute Gasteiger partial charge is 0.351 e. The van der Waals surface area contributed by atoms with Crippen LogP contribution < -0.4 is 10.6 Å². The summed E-state index contributed by atoms with van der Waals surface area (Å²) >= 11 is 0. The fourth-order valence-corrected chi connectivity index (χ4v) is 2.89. The molecule has 0 radical (unpaired) electrons. The third-order valence-electron chi connectivity index (χ3n) is 4.29. The molecular weight excluding hydrogens is 364 g/mol. The van der Waals surface area contributed by atoms with Gasteiger partial charge >= 0.3 is 0 Å². The molecular formula is C20H21F2N5O. The van der Waals surface area contributed by atoms with E-state index in [2.05, 4.69) is 20.6 Å². The van der Waals surface area contributed by atoms with E-state index in [-0.39, 0.29) is 24.4 Å². The van der Waals surface area contributed by atoms with Crippen molar-refractivity contribution in [1.82, 2.24) is 15.3 Å². The summed E-state index contributed by atoms with van der Waals surface area (Å²) in [5.41, 5.74) is 2.00. The number of H-pyrrole nitrogens is 1. The summed E-state index contributed by atoms with van der Waals surface area (Å²) in [5, 5.41) is 12.8. The first-order chi connectivity index (χ1) is 13.4. The molecule has 1 aromatic heterocycles. The Kier molecular flexibility index (Phi) is 5.67. The number of rotatable bonds is 8. The van der Waals surface area contributed by atoms with Crippen LogP contribution in [0.2, 0.25) is 0 Å². The first kappa shape index (κ1) is 19.5. The Bertz CT molecular complexity index is 947. The second-order valence-corrected chi connectivity index (χ2v) is 6.53. The van der Waals surface area contributed by atoms with Crippen molar-refractivity contribution in [3.63, 3.8) is 0 Å². The van der Waals surface area contributed by atoms with E-state index in [9.17, 15) is 13.6 Å². The van der Waals surface area contributed by atoms with Gasteiger partial charge in [0.15, 0.2) is 0 Å². The summed E-state index contributed by atoms with van der Waals surface area (Å²) in [4.78, 5) is 19.8. The fraction of sp³-hybridized carbons (Fsp3) is 0.250. The van der Waals surface area contributed by atoms with Crippen LogP contribution in [-0.4, -0.2) is 28.6 Å². The SMILES string of the molecule is CC(F)(F)c1cccc(C(CC(=O)NCC=N)Nc2nc3ccccc3[nH]2)c1. The van der Waals surface area contributed by atoms with Crippen LogP contribution in [-0.2, 0) is 10.7 Å². The lowest BCUT2D eigenvalue weighted by molar-refractivity contribution is -0.121. The van der Waals surface area contributed by atoms with E-state index < -0.39 is 12.0 Å². The average Bonchev–Trinajstić information content (AvgIpc) is 3.07. The molecule has 1 atom stereocenters. The number of carbonyl (C=O) groups excluding carboxylic acids is 1. The van der Waals surface area contributed by atoms with Crippen LogP contribution >= 0.6 is 0 Å². The minimum Gasteiger partial charge on any atom is -0.351 e. The Morgan fingerprint density at radius 1 is 1.29 bits per heavy atom. The molecule has 0 fully saturated rings. The van der Waals surface area contributed by atoms with E-state index in [0.717, 1.165) is 24.2 Å². The predicted octanol–water partition coefficient (Wildman–Crippen LogP) is 3.98. The Morgan fingerprint density at radius 2 is 2.07 bits per heavy atom. The van der Waals surface area contributed by atoms with Crippen molar-refractivity contribution in [2.45, 2.75) is 25.3 Å². The lowest BCUT2D eigenvalue weighted by atomic mass is 9.99. The van der Waals surface area contributed by atoms with E-state index in [1.165, 1.54) is 12.1 Å². The van der Waals surface area contributed by atoms with Crippen molar-refractivity contribution >= 4 is 29.1 Å². The molecule has 0 aliphatic heterocycles. The van der Waals surface area contributed by atoms with Crippen molar-refractivity contribution in [3.05, 3.63) is 59.7 Å². The van der Waals surface area contributed by atoms with Crippen LogP contribution in [0.5, 0.6) is 0 Å². The molecule has 3 aromatic rings. The fourth-order valence-electron chi connectivity index (χ4n) is 2.89. The summed E-state index contributed by atoms with van der Waals surface area (Å²) in [5.74, 6) is -2.84. The summed E-state index contributed by atoms with van der Waals surface area (Å²) in [6.07, 6.45) is 1.08. The number of para-hydroxylation sites is 2. The van der Waals surface area contributed by atoms with Gasteiger partial charge in [-0.1, -0.05) is 30.3 Å². The maximum Gasteiger partial charge on any atom is 0.270 e. The van der Waals surface area contributed by atoms with Gasteiger partial charge in [0, 0.05) is 18.7 Å². The maximum atomic E-state index is 13.8. The standard InChI is InChI=1S/C20H21F2N5O/c1-20(21,22)14-6-4-5-13(11-14)17(12-18(28)24-10-9-23)27-19-25-15-7-2-3-8-16(15)26-19/h2-9,11,17,23H,10,12H2,1H3,(H,24,28)(H2,25,26,27). The minimum atomic E-state index is -2.98. The van der Waals surface area contributed by atoms with Crippen LogP contribution in [0.25, 0.3) is 11.0 Å². The lowest BCUT2D eigenvalue weighted by Gasteiger charge is -2.20. The van der Waals surface area contributed by atoms with Gasteiger partial charge in [0.25, 0.3) is 5.92 Å². The van der Waals surface area contributed by atoms with E-state index in [4.69, 9.17) is 5.41 Å². The molecule has 0 spiro atoms. The molecule has 8 heteroatoms. The van der Waals surface area contributed by atoms with E-state index >= 15 is 0 Å². The van der Waals surface area contributed by atoms with Gasteiger partial charge in [-0.2, -0.15) is 0 Å². The zero-order valence-corrected chi connectivity index (χ0v) is 15.3. The Morgan fingerprint density at radius 3 is 2.79 bits per heavy atom. The Balaban J connectivity index is 1.90. The number of hydrogen-bond acceptors (Lipinski definition) is 4. The first-order valence-electron chi connectivity index (χ1n) is 8.82. The molecule has 0 saturated heterocycles. The van der Waals surface area contributed by atoms with Crippen molar-refractivity contribution < 1.29 is 13.6 Å². The number of nitrogens with one attached hydrogen (secondary N) is 4. The molecule has 3 rings (SSSR count). The van der Waals surface area contributed by atoms with Crippen LogP contribution in [0.1, 0.15) is 30.5 Å². The monoisotopic (exact) mass is 385 g/mol. The number of fused-ring (bicyclic) bond motifs is 1. The number of anilines is 1. The van der Waals surface area contributed by atoms with Gasteiger partial charge in [-0.15, -0.1) is 0 Å². The van der Waals surface area contributed by atoms with Gasteiger partial charge in [0.05, 0.1) is 30.0 Å². The molecule has 0 bridgehead atoms. The molecule has 0 aliphatic rings. The number of aromatic nitrogens is 2. The second kappa shape index (κ2) is 8.16. The van der Waals surface area contributed by atoms with Crippen LogP contribution in [0.15, 0.2) is 48.5 Å². The molecule has 1 amide bonds. The van der Waals surface area contributed by atoms with Gasteiger partial charge in [-0.25, -0.2) is 13.8 Å². The highest BCUT2D eigenvalue weighted by Crippen LogP contribution is 2.30. The topological polar surface area (TPSA) is 93.7 Å². The second-order valence-electron chi connectivity index (χ2n) is 6.53. The van der Waals surface area contributed by atoms with Crippen LogP contribution in [0.4, 0.5) is 14.7 Å². The van der Waals surface area contributed by atoms with Gasteiger partial charge in [-0.3, -0.25) is 4.79 Å². The molecule has 2 aromatic carbocycles. The van der Waals surface area contributed by atoms with E-state index in [0.29, 0.717) is 11.5 Å². The molecule has 28 heavy (non-hydrogen) atoms. The molecule has 0 aliphatic carbocycles. The smallest absolute Gasteiger partial charge is 0.270 e. The van der Waals surface area contributed by atoms with Gasteiger partial charge < -0.3 is 21.0 Å². The number of aromatic amines is 1. The van der Waals surface area contributed by atoms with Crippen molar-refractivity contribution in [2.75, 3.05) is 11.9 Å². The third-order valence-corrected chi connectivity index (χ3v) is 4.29. The zero-order valence-electron chi connectivity index (χ0n) is 15.3. The summed E-state index contributed by atoms with van der Waals surface area (Å²) in [7, 11) is 0. The molecule has 146 valence electrons. The number of nitrogens with zero attached hydrogens (tertiary/aromatic N) is 1. The molecule has 6 nitrogen and oxygen atoms in total. The minimum absolute atomic E-state index is 0.00360. The highest BCUT2D eigenvalue weighted by molar-refractivity contribution is 5.80. The summed E-state index contributed by atoms with van der Waals surface area (Å²) in [6, 6.07) is 12.9. The Hall–Kier alpha value is -3.29. The highest BCUT2D eigenvalue weighted by Gasteiger charge is 2.26. The predicted molar refractivity (Wildman–Crippen MR) is 105 cm³/mol. The molecule has 1 unspecified atom stereocenters. The Labute approximate surface area is 160 Å². The van der Waals surface area contributed by atoms with Crippen LogP contribution in [0.3, 0.4) is 0 Å². The highest BCUT2D eigenvalue weighted by atomic mass is 19.3. The van der Waals surface area contributed by atoms with Crippen molar-refractivity contribution in [3.8, 4) is 0 Å². The summed E-state index contributed by atoms with van der Waals surface area (Å²) < 4.78 is 27.5. The number of hydrogen-bond donors (Lipinski definition) is 4. The third kappa shape index (κ3) is 4.70. The van der Waals surface area contributed by atoms with E-state index in [1.807, 2.05) is 24.3 Å². The summed E-state index contributed by atoms with van der Waals surface area (Å²) in [6.45, 7) is 0.952. The molecule has 0 saturated carbocycles. The number of halogens is 2. The number of alkyl halides is 2. The molecule has 4 N–H and O–H groups in total. The van der Waals surface area contributed by atoms with Crippen molar-refractivity contribution in [1.29, 1.82) is 5.41 Å². The van der Waals surface area contributed by atoms with E-state index in [1.54, 1.807) is 12.1 Å². The molecule has 1 heterocycles. The normalized spacial score (nSPS) is 12.5. The van der Waals surface area contributed by atoms with Gasteiger partial charge in [0.1, 0.15) is 0 Å². The lowest BCUT2D eigenvalue weighted by Crippen LogP contribution is -2.28. The number of benzene rings is 2. The average molecular weight is 385 g/mol. The van der Waals surface area contributed by atoms with Gasteiger partial charge in [0.2, 0.25) is 11.9 Å². The van der Waals surface area contributed by atoms with Gasteiger partial charge in [-0.05, 0) is 23.8 Å². The first-order valence-corrected chi connectivity index (χ1v) is 8.82. The zero-order chi connectivity index (χ0) is 20.1. The van der Waals surface area contributed by atoms with Crippen LogP contribution in [0, 0.1) is 5.41 Å². The number of imidazole rings is 1.